The Hall–Kier alpha value is -0.0200. The van der Waals surface area contributed by atoms with Gasteiger partial charge in [-0.1, -0.05) is 45.2 Å². The predicted octanol–water partition coefficient (Wildman–Crippen LogP) is 5.81. The van der Waals surface area contributed by atoms with Gasteiger partial charge in [0.05, 0.1) is 6.61 Å². The maximum absolute atomic E-state index is 5.84. The van der Waals surface area contributed by atoms with E-state index in [-0.39, 0.29) is 0 Å². The molecule has 1 aliphatic rings. The summed E-state index contributed by atoms with van der Waals surface area (Å²) in [5, 5.41) is 0. The van der Waals surface area contributed by atoms with Crippen molar-refractivity contribution < 1.29 is 4.74 Å². The molecule has 0 heterocycles. The zero-order chi connectivity index (χ0) is 13.7. The molecule has 1 aliphatic carbocycles. The average molecular weight is 390 g/mol. The van der Waals surface area contributed by atoms with Crippen LogP contribution in [0, 0.1) is 11.8 Å². The van der Waals surface area contributed by atoms with E-state index in [1.54, 1.807) is 0 Å². The number of hydrogen-bond acceptors (Lipinski definition) is 1. The molecule has 0 amide bonds. The van der Waals surface area contributed by atoms with Gasteiger partial charge in [-0.15, -0.1) is 0 Å². The Labute approximate surface area is 133 Å². The molecule has 0 aromatic heterocycles. The van der Waals surface area contributed by atoms with E-state index >= 15 is 0 Å². The third kappa shape index (κ3) is 4.78. The molecule has 0 aliphatic heterocycles. The Morgan fingerprint density at radius 1 is 1.21 bits per heavy atom. The van der Waals surface area contributed by atoms with Crippen molar-refractivity contribution in [2.45, 2.75) is 43.9 Å². The molecule has 1 nitrogen and oxygen atoms in total. The molecule has 3 heteroatoms. The van der Waals surface area contributed by atoms with Crippen molar-refractivity contribution in [3.8, 4) is 5.75 Å². The van der Waals surface area contributed by atoms with Crippen LogP contribution in [-0.4, -0.2) is 11.4 Å². The van der Waals surface area contributed by atoms with Gasteiger partial charge in [0.25, 0.3) is 0 Å². The summed E-state index contributed by atoms with van der Waals surface area (Å²) in [5.41, 5.74) is 0. The van der Waals surface area contributed by atoms with E-state index in [0.29, 0.717) is 4.83 Å². The topological polar surface area (TPSA) is 9.23 Å². The molecule has 0 N–H and O–H groups in total. The zero-order valence-electron chi connectivity index (χ0n) is 11.4. The number of benzene rings is 1. The van der Waals surface area contributed by atoms with Crippen LogP contribution in [0.4, 0.5) is 0 Å². The third-order valence-electron chi connectivity index (χ3n) is 4.15. The van der Waals surface area contributed by atoms with Crippen molar-refractivity contribution >= 4 is 31.9 Å². The summed E-state index contributed by atoms with van der Waals surface area (Å²) in [5.74, 6) is 2.66. The summed E-state index contributed by atoms with van der Waals surface area (Å²) >= 11 is 7.28. The normalized spacial score (nSPS) is 27.2. The first-order chi connectivity index (χ1) is 9.19. The molecule has 0 bridgehead atoms. The minimum Gasteiger partial charge on any atom is -0.494 e. The summed E-state index contributed by atoms with van der Waals surface area (Å²) in [6.45, 7) is 3.14. The molecule has 0 saturated heterocycles. The first-order valence-corrected chi connectivity index (χ1v) is 8.92. The maximum atomic E-state index is 5.84. The van der Waals surface area contributed by atoms with Gasteiger partial charge in [-0.05, 0) is 61.8 Å². The van der Waals surface area contributed by atoms with E-state index in [1.165, 1.54) is 25.7 Å². The zero-order valence-corrected chi connectivity index (χ0v) is 14.6. The standard InChI is InChI=1S/C16H22Br2O/c1-2-12-3-8-16(18)13(11-12)9-10-19-15-6-4-14(17)5-7-15/h4-7,12-13,16H,2-3,8-11H2,1H3. The Morgan fingerprint density at radius 3 is 2.63 bits per heavy atom. The maximum Gasteiger partial charge on any atom is 0.119 e. The van der Waals surface area contributed by atoms with Gasteiger partial charge in [-0.25, -0.2) is 0 Å². The fraction of sp³-hybridized carbons (Fsp3) is 0.625. The van der Waals surface area contributed by atoms with Crippen molar-refractivity contribution in [3.05, 3.63) is 28.7 Å². The number of rotatable bonds is 5. The largest absolute Gasteiger partial charge is 0.494 e. The van der Waals surface area contributed by atoms with Crippen molar-refractivity contribution in [2.24, 2.45) is 11.8 Å². The van der Waals surface area contributed by atoms with Crippen LogP contribution < -0.4 is 4.74 Å². The van der Waals surface area contributed by atoms with Gasteiger partial charge >= 0.3 is 0 Å². The molecule has 1 saturated carbocycles. The second-order valence-electron chi connectivity index (χ2n) is 5.45. The van der Waals surface area contributed by atoms with Crippen LogP contribution in [0.3, 0.4) is 0 Å². The van der Waals surface area contributed by atoms with Gasteiger partial charge < -0.3 is 4.74 Å². The lowest BCUT2D eigenvalue weighted by molar-refractivity contribution is 0.215. The molecule has 1 fully saturated rings. The molecule has 3 unspecified atom stereocenters. The van der Waals surface area contributed by atoms with Crippen LogP contribution in [-0.2, 0) is 0 Å². The van der Waals surface area contributed by atoms with Crippen molar-refractivity contribution in [2.75, 3.05) is 6.61 Å². The second-order valence-corrected chi connectivity index (χ2v) is 7.55. The summed E-state index contributed by atoms with van der Waals surface area (Å²) in [7, 11) is 0. The quantitative estimate of drug-likeness (QED) is 0.577. The van der Waals surface area contributed by atoms with Crippen LogP contribution in [0.1, 0.15) is 39.0 Å². The lowest BCUT2D eigenvalue weighted by Crippen LogP contribution is -2.26. The monoisotopic (exact) mass is 388 g/mol. The Kier molecular flexibility index (Phi) is 6.21. The number of hydrogen-bond donors (Lipinski definition) is 0. The molecule has 19 heavy (non-hydrogen) atoms. The molecule has 2 rings (SSSR count). The molecule has 1 aromatic carbocycles. The van der Waals surface area contributed by atoms with E-state index in [0.717, 1.165) is 35.1 Å². The summed E-state index contributed by atoms with van der Waals surface area (Å²) in [6, 6.07) is 8.09. The van der Waals surface area contributed by atoms with Crippen LogP contribution in [0.25, 0.3) is 0 Å². The highest BCUT2D eigenvalue weighted by atomic mass is 79.9. The molecule has 0 radical (unpaired) electrons. The summed E-state index contributed by atoms with van der Waals surface area (Å²) < 4.78 is 6.94. The fourth-order valence-corrected chi connectivity index (χ4v) is 3.86. The number of halogens is 2. The highest BCUT2D eigenvalue weighted by Gasteiger charge is 2.27. The molecule has 3 atom stereocenters. The van der Waals surface area contributed by atoms with Gasteiger partial charge in [-0.2, -0.15) is 0 Å². The smallest absolute Gasteiger partial charge is 0.119 e. The van der Waals surface area contributed by atoms with Crippen LogP contribution in [0.5, 0.6) is 5.75 Å². The van der Waals surface area contributed by atoms with Gasteiger partial charge in [0.2, 0.25) is 0 Å². The molecular formula is C16H22Br2O. The highest BCUT2D eigenvalue weighted by molar-refractivity contribution is 9.10. The SMILES string of the molecule is CCC1CCC(Br)C(CCOc2ccc(Br)cc2)C1. The van der Waals surface area contributed by atoms with Gasteiger partial charge in [0, 0.05) is 9.30 Å². The van der Waals surface area contributed by atoms with Crippen molar-refractivity contribution in [3.63, 3.8) is 0 Å². The van der Waals surface area contributed by atoms with Gasteiger partial charge in [0.1, 0.15) is 5.75 Å². The Morgan fingerprint density at radius 2 is 1.95 bits per heavy atom. The van der Waals surface area contributed by atoms with E-state index in [4.69, 9.17) is 4.74 Å². The number of ether oxygens (including phenoxy) is 1. The first kappa shape index (κ1) is 15.4. The van der Waals surface area contributed by atoms with Crippen LogP contribution in [0.2, 0.25) is 0 Å². The van der Waals surface area contributed by atoms with E-state index in [9.17, 15) is 0 Å². The average Bonchev–Trinajstić information content (AvgIpc) is 2.43. The van der Waals surface area contributed by atoms with Crippen molar-refractivity contribution in [1.29, 1.82) is 0 Å². The summed E-state index contributed by atoms with van der Waals surface area (Å²) in [4.78, 5) is 0.684. The molecule has 1 aromatic rings. The van der Waals surface area contributed by atoms with E-state index < -0.39 is 0 Å². The molecule has 0 spiro atoms. The Bertz CT molecular complexity index is 377. The van der Waals surface area contributed by atoms with Gasteiger partial charge in [-0.3, -0.25) is 0 Å². The highest BCUT2D eigenvalue weighted by Crippen LogP contribution is 2.37. The summed E-state index contributed by atoms with van der Waals surface area (Å²) in [6.07, 6.45) is 6.54. The minimum absolute atomic E-state index is 0.684. The van der Waals surface area contributed by atoms with E-state index in [1.807, 2.05) is 24.3 Å². The van der Waals surface area contributed by atoms with Crippen LogP contribution in [0.15, 0.2) is 28.7 Å². The third-order valence-corrected chi connectivity index (χ3v) is 5.88. The van der Waals surface area contributed by atoms with E-state index in [2.05, 4.69) is 38.8 Å². The first-order valence-electron chi connectivity index (χ1n) is 7.21. The fourth-order valence-electron chi connectivity index (χ4n) is 2.85. The second kappa shape index (κ2) is 7.68. The minimum atomic E-state index is 0.684. The molecular weight excluding hydrogens is 368 g/mol. The van der Waals surface area contributed by atoms with Crippen LogP contribution >= 0.6 is 31.9 Å². The Balaban J connectivity index is 1.76. The lowest BCUT2D eigenvalue weighted by Gasteiger charge is -2.32. The van der Waals surface area contributed by atoms with Gasteiger partial charge in [0.15, 0.2) is 0 Å². The lowest BCUT2D eigenvalue weighted by atomic mass is 9.79. The predicted molar refractivity (Wildman–Crippen MR) is 88.1 cm³/mol. The molecule has 106 valence electrons. The number of alkyl halides is 1. The van der Waals surface area contributed by atoms with Crippen molar-refractivity contribution in [1.82, 2.24) is 0 Å².